The lowest BCUT2D eigenvalue weighted by Gasteiger charge is -2.30. The van der Waals surface area contributed by atoms with Crippen molar-refractivity contribution in [3.63, 3.8) is 0 Å². The molecule has 0 saturated carbocycles. The molecule has 0 aliphatic carbocycles. The van der Waals surface area contributed by atoms with Crippen molar-refractivity contribution in [2.45, 2.75) is 25.8 Å². The van der Waals surface area contributed by atoms with Crippen LogP contribution in [0.2, 0.25) is 0 Å². The van der Waals surface area contributed by atoms with E-state index in [2.05, 4.69) is 9.88 Å². The van der Waals surface area contributed by atoms with Crippen molar-refractivity contribution >= 4 is 11.1 Å². The van der Waals surface area contributed by atoms with Gasteiger partial charge in [0.15, 0.2) is 5.58 Å². The number of piperidine rings is 1. The minimum Gasteiger partial charge on any atom is -0.439 e. The Morgan fingerprint density at radius 3 is 2.79 bits per heavy atom. The van der Waals surface area contributed by atoms with Crippen molar-refractivity contribution < 1.29 is 4.42 Å². The molecular formula is C15H21N3O. The van der Waals surface area contributed by atoms with E-state index in [1.165, 1.54) is 12.8 Å². The number of benzene rings is 1. The van der Waals surface area contributed by atoms with Crippen LogP contribution in [-0.2, 0) is 6.54 Å². The van der Waals surface area contributed by atoms with Crippen LogP contribution in [0.25, 0.3) is 11.1 Å². The smallest absolute Gasteiger partial charge is 0.209 e. The normalized spacial score (nSPS) is 18.2. The fraction of sp³-hybridized carbons (Fsp3) is 0.533. The van der Waals surface area contributed by atoms with Crippen LogP contribution in [0.3, 0.4) is 0 Å². The average Bonchev–Trinajstić information content (AvgIpc) is 2.83. The molecule has 0 unspecified atom stereocenters. The number of para-hydroxylation sites is 2. The van der Waals surface area contributed by atoms with Crippen LogP contribution in [0.5, 0.6) is 0 Å². The van der Waals surface area contributed by atoms with E-state index in [0.717, 1.165) is 55.5 Å². The highest BCUT2D eigenvalue weighted by molar-refractivity contribution is 5.72. The van der Waals surface area contributed by atoms with E-state index in [9.17, 15) is 0 Å². The van der Waals surface area contributed by atoms with E-state index in [1.54, 1.807) is 0 Å². The molecule has 1 saturated heterocycles. The summed E-state index contributed by atoms with van der Waals surface area (Å²) in [6, 6.07) is 7.94. The zero-order chi connectivity index (χ0) is 13.1. The average molecular weight is 259 g/mol. The highest BCUT2D eigenvalue weighted by atomic mass is 16.3. The largest absolute Gasteiger partial charge is 0.439 e. The zero-order valence-electron chi connectivity index (χ0n) is 11.2. The van der Waals surface area contributed by atoms with Crippen LogP contribution in [0.4, 0.5) is 0 Å². The Kier molecular flexibility index (Phi) is 3.80. The second kappa shape index (κ2) is 5.72. The van der Waals surface area contributed by atoms with Crippen LogP contribution in [0.15, 0.2) is 28.7 Å². The summed E-state index contributed by atoms with van der Waals surface area (Å²) in [5.41, 5.74) is 7.46. The predicted molar refractivity (Wildman–Crippen MR) is 75.7 cm³/mol. The van der Waals surface area contributed by atoms with Gasteiger partial charge in [-0.1, -0.05) is 12.1 Å². The van der Waals surface area contributed by atoms with E-state index in [4.69, 9.17) is 10.2 Å². The summed E-state index contributed by atoms with van der Waals surface area (Å²) in [5, 5.41) is 0. The minimum absolute atomic E-state index is 0.810. The molecule has 2 N–H and O–H groups in total. The number of oxazole rings is 1. The van der Waals surface area contributed by atoms with Gasteiger partial charge in [-0.25, -0.2) is 4.98 Å². The first-order valence-electron chi connectivity index (χ1n) is 7.12. The van der Waals surface area contributed by atoms with Crippen LogP contribution >= 0.6 is 0 Å². The van der Waals surface area contributed by atoms with Crippen molar-refractivity contribution in [2.24, 2.45) is 11.7 Å². The highest BCUT2D eigenvalue weighted by Crippen LogP contribution is 2.22. The van der Waals surface area contributed by atoms with Crippen LogP contribution in [0, 0.1) is 5.92 Å². The summed E-state index contributed by atoms with van der Waals surface area (Å²) in [4.78, 5) is 6.96. The summed E-state index contributed by atoms with van der Waals surface area (Å²) in [6.07, 6.45) is 3.66. The minimum atomic E-state index is 0.810. The molecule has 0 radical (unpaired) electrons. The first kappa shape index (κ1) is 12.6. The number of aromatic nitrogens is 1. The van der Waals surface area contributed by atoms with E-state index < -0.39 is 0 Å². The monoisotopic (exact) mass is 259 g/mol. The third-order valence-corrected chi connectivity index (χ3v) is 3.98. The van der Waals surface area contributed by atoms with Gasteiger partial charge in [-0.05, 0) is 56.9 Å². The Morgan fingerprint density at radius 1 is 1.26 bits per heavy atom. The Bertz CT molecular complexity index is 496. The third kappa shape index (κ3) is 2.96. The lowest BCUT2D eigenvalue weighted by atomic mass is 9.94. The summed E-state index contributed by atoms with van der Waals surface area (Å²) in [6.45, 7) is 3.90. The summed E-state index contributed by atoms with van der Waals surface area (Å²) < 4.78 is 5.77. The molecule has 1 aliphatic rings. The number of likely N-dealkylation sites (tertiary alicyclic amines) is 1. The Morgan fingerprint density at radius 2 is 2.05 bits per heavy atom. The maximum atomic E-state index is 5.77. The molecule has 0 bridgehead atoms. The summed E-state index contributed by atoms with van der Waals surface area (Å²) in [7, 11) is 0. The molecule has 0 spiro atoms. The van der Waals surface area contributed by atoms with Crippen LogP contribution in [-0.4, -0.2) is 29.5 Å². The van der Waals surface area contributed by atoms with Gasteiger partial charge >= 0.3 is 0 Å². The van der Waals surface area contributed by atoms with Gasteiger partial charge in [0.05, 0.1) is 6.54 Å². The molecular weight excluding hydrogens is 238 g/mol. The van der Waals surface area contributed by atoms with Gasteiger partial charge in [-0.15, -0.1) is 0 Å². The number of nitrogens with zero attached hydrogens (tertiary/aromatic N) is 2. The van der Waals surface area contributed by atoms with E-state index >= 15 is 0 Å². The number of hydrogen-bond acceptors (Lipinski definition) is 4. The first-order valence-corrected chi connectivity index (χ1v) is 7.12. The van der Waals surface area contributed by atoms with Gasteiger partial charge in [0, 0.05) is 0 Å². The van der Waals surface area contributed by atoms with Gasteiger partial charge in [-0.2, -0.15) is 0 Å². The third-order valence-electron chi connectivity index (χ3n) is 3.98. The highest BCUT2D eigenvalue weighted by Gasteiger charge is 2.20. The second-order valence-corrected chi connectivity index (χ2v) is 5.37. The SMILES string of the molecule is NCCC1CCN(Cc2nc3ccccc3o2)CC1. The van der Waals surface area contributed by atoms with E-state index in [-0.39, 0.29) is 0 Å². The van der Waals surface area contributed by atoms with Gasteiger partial charge in [-0.3, -0.25) is 4.90 Å². The zero-order valence-corrected chi connectivity index (χ0v) is 11.2. The fourth-order valence-electron chi connectivity index (χ4n) is 2.85. The van der Waals surface area contributed by atoms with Crippen molar-refractivity contribution in [3.8, 4) is 0 Å². The molecule has 19 heavy (non-hydrogen) atoms. The standard InChI is InChI=1S/C15H21N3O/c16-8-5-12-6-9-18(10-7-12)11-15-17-13-3-1-2-4-14(13)19-15/h1-4,12H,5-11,16H2. The molecule has 0 amide bonds. The van der Waals surface area contributed by atoms with Gasteiger partial charge in [0.25, 0.3) is 0 Å². The van der Waals surface area contributed by atoms with Crippen molar-refractivity contribution in [3.05, 3.63) is 30.2 Å². The molecule has 1 aliphatic heterocycles. The van der Waals surface area contributed by atoms with Crippen molar-refractivity contribution in [2.75, 3.05) is 19.6 Å². The molecule has 102 valence electrons. The number of hydrogen-bond donors (Lipinski definition) is 1. The van der Waals surface area contributed by atoms with Crippen molar-refractivity contribution in [1.29, 1.82) is 0 Å². The molecule has 2 aromatic rings. The van der Waals surface area contributed by atoms with E-state index in [1.807, 2.05) is 24.3 Å². The molecule has 0 atom stereocenters. The predicted octanol–water partition coefficient (Wildman–Crippen LogP) is 2.39. The van der Waals surface area contributed by atoms with E-state index in [0.29, 0.717) is 0 Å². The fourth-order valence-corrected chi connectivity index (χ4v) is 2.85. The first-order chi connectivity index (χ1) is 9.35. The molecule has 1 aromatic carbocycles. The van der Waals surface area contributed by atoms with Crippen LogP contribution < -0.4 is 5.73 Å². The molecule has 1 aromatic heterocycles. The maximum Gasteiger partial charge on any atom is 0.209 e. The molecule has 2 heterocycles. The molecule has 4 nitrogen and oxygen atoms in total. The van der Waals surface area contributed by atoms with Crippen molar-refractivity contribution in [1.82, 2.24) is 9.88 Å². The lowest BCUT2D eigenvalue weighted by molar-refractivity contribution is 0.161. The summed E-state index contributed by atoms with van der Waals surface area (Å²) in [5.74, 6) is 1.64. The maximum absolute atomic E-state index is 5.77. The molecule has 4 heteroatoms. The van der Waals surface area contributed by atoms with Gasteiger partial charge in [0.2, 0.25) is 5.89 Å². The molecule has 3 rings (SSSR count). The number of fused-ring (bicyclic) bond motifs is 1. The van der Waals surface area contributed by atoms with Gasteiger partial charge < -0.3 is 10.2 Å². The second-order valence-electron chi connectivity index (χ2n) is 5.37. The van der Waals surface area contributed by atoms with Crippen LogP contribution in [0.1, 0.15) is 25.2 Å². The quantitative estimate of drug-likeness (QED) is 0.916. The number of nitrogens with two attached hydrogens (primary N) is 1. The Hall–Kier alpha value is -1.39. The topological polar surface area (TPSA) is 55.3 Å². The van der Waals surface area contributed by atoms with Gasteiger partial charge in [0.1, 0.15) is 5.52 Å². The summed E-state index contributed by atoms with van der Waals surface area (Å²) >= 11 is 0. The number of rotatable bonds is 4. The molecule has 1 fully saturated rings. The Labute approximate surface area is 113 Å². The Balaban J connectivity index is 1.60. The lowest BCUT2D eigenvalue weighted by Crippen LogP contribution is -2.33.